The molecule has 0 unspecified atom stereocenters. The number of hydrogen-bond acceptors (Lipinski definition) is 14. The first kappa shape index (κ1) is 32.4. The molecule has 0 fully saturated rings. The molecule has 0 atom stereocenters. The van der Waals surface area contributed by atoms with Gasteiger partial charge < -0.3 is 71.4 Å². The third-order valence-corrected chi connectivity index (χ3v) is 9.92. The molecule has 5 aromatic carbocycles. The Morgan fingerprint density at radius 2 is 0.720 bits per heavy atom. The molecule has 2 heterocycles. The van der Waals surface area contributed by atoms with Gasteiger partial charge in [-0.2, -0.15) is 0 Å². The zero-order valence-electron chi connectivity index (χ0n) is 24.6. The summed E-state index contributed by atoms with van der Waals surface area (Å²) in [5.41, 5.74) is -5.71. The van der Waals surface area contributed by atoms with Crippen LogP contribution in [0.2, 0.25) is 0 Å². The van der Waals surface area contributed by atoms with E-state index in [4.69, 9.17) is 39.2 Å². The van der Waals surface area contributed by atoms with Crippen LogP contribution in [-0.4, -0.2) is 111 Å². The van der Waals surface area contributed by atoms with E-state index >= 15 is 0 Å². The van der Waals surface area contributed by atoms with E-state index in [9.17, 15) is 66.4 Å². The Morgan fingerprint density at radius 1 is 0.300 bits per heavy atom. The van der Waals surface area contributed by atoms with Gasteiger partial charge in [0.1, 0.15) is 73.7 Å². The molecule has 14 N–H and O–H groups in total. The number of aromatic nitrogens is 1. The number of phenols is 13. The first-order valence-corrected chi connectivity index (χ1v) is 14.6. The fourth-order valence-electron chi connectivity index (χ4n) is 6.24. The third kappa shape index (κ3) is 3.67. The van der Waals surface area contributed by atoms with Gasteiger partial charge in [-0.05, 0) is 5.46 Å². The average Bonchev–Trinajstić information content (AvgIpc) is 3.70. The van der Waals surface area contributed by atoms with E-state index in [2.05, 4.69) is 4.98 Å². The summed E-state index contributed by atoms with van der Waals surface area (Å²) >= 11 is 0.511. The first-order chi connectivity index (χ1) is 23.4. The van der Waals surface area contributed by atoms with Crippen LogP contribution in [0.1, 0.15) is 0 Å². The van der Waals surface area contributed by atoms with Gasteiger partial charge in [0.15, 0.2) is 23.0 Å². The largest absolute Gasteiger partial charge is 0.509 e. The van der Waals surface area contributed by atoms with Crippen molar-refractivity contribution in [3.05, 3.63) is 0 Å². The van der Waals surface area contributed by atoms with Crippen molar-refractivity contribution in [2.75, 3.05) is 0 Å². The molecule has 50 heavy (non-hydrogen) atoms. The minimum absolute atomic E-state index is 0.160. The maximum Gasteiger partial charge on any atom is 0.208 e. The van der Waals surface area contributed by atoms with Crippen molar-refractivity contribution in [3.8, 4) is 97.0 Å². The zero-order valence-corrected chi connectivity index (χ0v) is 25.4. The molecular formula is C30H14B5NO13S. The highest BCUT2D eigenvalue weighted by molar-refractivity contribution is 7.26. The lowest BCUT2D eigenvalue weighted by Crippen LogP contribution is -2.35. The summed E-state index contributed by atoms with van der Waals surface area (Å²) in [6.07, 6.45) is 0. The summed E-state index contributed by atoms with van der Waals surface area (Å²) in [4.78, 5) is 2.73. The standard InChI is InChI=1S/C30H14B5NO13S/c31-9-1(2-10(32)24(45)13(35)12(34)18(2)39)16(37)3-4-15(36-14(3)11(9)33)19(40)8-7-17(38)5(6-20(41)25(46)27(48)26(47)21(6)42)22(43)28(49)30(7)50-29(8)23(4)44/h36-49H. The third-order valence-electron chi connectivity index (χ3n) is 8.72. The summed E-state index contributed by atoms with van der Waals surface area (Å²) in [5.74, 6) is -13.9. The van der Waals surface area contributed by atoms with Crippen molar-refractivity contribution in [2.45, 2.75) is 0 Å². The molecule has 0 saturated heterocycles. The van der Waals surface area contributed by atoms with E-state index in [0.717, 1.165) is 0 Å². The molecule has 2 aromatic heterocycles. The molecule has 0 spiro atoms. The van der Waals surface area contributed by atoms with Gasteiger partial charge >= 0.3 is 0 Å². The minimum Gasteiger partial charge on any atom is -0.509 e. The number of phenolic OH excluding ortho intramolecular Hbond substituents is 13. The molecule has 0 aliphatic heterocycles. The molecule has 0 saturated carbocycles. The Kier molecular flexibility index (Phi) is 6.60. The number of nitrogens with one attached hydrogen (secondary N) is 1. The van der Waals surface area contributed by atoms with Crippen molar-refractivity contribution in [3.63, 3.8) is 0 Å². The molecule has 10 radical (unpaired) electrons. The molecule has 238 valence electrons. The zero-order chi connectivity index (χ0) is 36.7. The number of thiophene rings is 1. The van der Waals surface area contributed by atoms with E-state index in [1.54, 1.807) is 0 Å². The number of fused-ring (bicyclic) bond motifs is 6. The quantitative estimate of drug-likeness (QED) is 0.0603. The Balaban J connectivity index is 1.66. The second kappa shape index (κ2) is 10.2. The summed E-state index contributed by atoms with van der Waals surface area (Å²) in [6.45, 7) is 0. The number of rotatable bonds is 2. The lowest BCUT2D eigenvalue weighted by atomic mass is 9.68. The predicted molar refractivity (Wildman–Crippen MR) is 188 cm³/mol. The summed E-state index contributed by atoms with van der Waals surface area (Å²) < 4.78 is -0.655. The monoisotopic (exact) mass is 683 g/mol. The van der Waals surface area contributed by atoms with Gasteiger partial charge in [0.2, 0.25) is 17.2 Å². The lowest BCUT2D eigenvalue weighted by Gasteiger charge is -2.21. The molecule has 7 aromatic rings. The van der Waals surface area contributed by atoms with Crippen molar-refractivity contribution < 1.29 is 66.4 Å². The normalized spacial score (nSPS) is 11.8. The van der Waals surface area contributed by atoms with Crippen LogP contribution < -0.4 is 27.3 Å². The smallest absolute Gasteiger partial charge is 0.208 e. The van der Waals surface area contributed by atoms with Gasteiger partial charge in [0.25, 0.3) is 0 Å². The van der Waals surface area contributed by atoms with E-state index in [0.29, 0.717) is 11.3 Å². The summed E-state index contributed by atoms with van der Waals surface area (Å²) in [5, 5.41) is 139. The van der Waals surface area contributed by atoms with Gasteiger partial charge in [0.05, 0.1) is 47.6 Å². The molecule has 0 aliphatic carbocycles. The van der Waals surface area contributed by atoms with E-state index < -0.39 is 130 Å². The van der Waals surface area contributed by atoms with Crippen LogP contribution in [-0.2, 0) is 0 Å². The van der Waals surface area contributed by atoms with Gasteiger partial charge in [-0.1, -0.05) is 21.9 Å². The lowest BCUT2D eigenvalue weighted by molar-refractivity contribution is 0.329. The maximum atomic E-state index is 11.7. The van der Waals surface area contributed by atoms with Crippen LogP contribution >= 0.6 is 11.3 Å². The van der Waals surface area contributed by atoms with Gasteiger partial charge in [-0.3, -0.25) is 0 Å². The van der Waals surface area contributed by atoms with Crippen LogP contribution in [0.15, 0.2) is 0 Å². The Morgan fingerprint density at radius 3 is 1.32 bits per heavy atom. The van der Waals surface area contributed by atoms with Crippen LogP contribution in [0.5, 0.6) is 74.7 Å². The second-order valence-electron chi connectivity index (χ2n) is 11.2. The van der Waals surface area contributed by atoms with Crippen LogP contribution in [0.3, 0.4) is 0 Å². The first-order valence-electron chi connectivity index (χ1n) is 13.8. The highest BCUT2D eigenvalue weighted by Gasteiger charge is 2.34. The SMILES string of the molecule is [B]c1c([B])c(O)c(-c2c([B])c([B])c3[nH]c4c(O)c5c(sc6c(O)c(O)c(-c7c(O)c(O)c(O)c(O)c7O)c(O)c65)c(O)c4c3c2O)c([B])c1O. The van der Waals surface area contributed by atoms with Crippen molar-refractivity contribution in [1.29, 1.82) is 0 Å². The summed E-state index contributed by atoms with van der Waals surface area (Å²) in [6, 6.07) is 0. The van der Waals surface area contributed by atoms with E-state index in [1.807, 2.05) is 0 Å². The fourth-order valence-corrected chi connectivity index (χ4v) is 7.44. The number of aromatic hydroxyl groups is 13. The van der Waals surface area contributed by atoms with Crippen molar-refractivity contribution in [1.82, 2.24) is 4.98 Å². The van der Waals surface area contributed by atoms with Gasteiger partial charge in [-0.15, -0.1) is 11.3 Å². The number of hydrogen-bond donors (Lipinski definition) is 14. The molecule has 0 aliphatic rings. The van der Waals surface area contributed by atoms with E-state index in [-0.39, 0.29) is 36.7 Å². The van der Waals surface area contributed by atoms with Gasteiger partial charge in [0, 0.05) is 16.6 Å². The van der Waals surface area contributed by atoms with Crippen LogP contribution in [0.25, 0.3) is 64.2 Å². The topological polar surface area (TPSA) is 279 Å². The van der Waals surface area contributed by atoms with Crippen molar-refractivity contribution >= 4 is 120 Å². The predicted octanol–water partition coefficient (Wildman–Crippen LogP) is -0.835. The molecular weight excluding hydrogens is 668 g/mol. The molecule has 14 nitrogen and oxygen atoms in total. The average molecular weight is 683 g/mol. The maximum absolute atomic E-state index is 11.7. The molecule has 7 rings (SSSR count). The van der Waals surface area contributed by atoms with Gasteiger partial charge in [-0.25, -0.2) is 0 Å². The Bertz CT molecular complexity index is 2510. The van der Waals surface area contributed by atoms with E-state index in [1.165, 1.54) is 0 Å². The highest BCUT2D eigenvalue weighted by atomic mass is 32.1. The fraction of sp³-hybridized carbons (Fsp3) is 0. The highest BCUT2D eigenvalue weighted by Crippen LogP contribution is 2.63. The molecule has 20 heteroatoms. The number of H-pyrrole nitrogens is 1. The molecule has 0 bridgehead atoms. The number of benzene rings is 5. The number of aromatic amines is 1. The van der Waals surface area contributed by atoms with Crippen LogP contribution in [0, 0.1) is 0 Å². The Labute approximate surface area is 287 Å². The summed E-state index contributed by atoms with van der Waals surface area (Å²) in [7, 11) is 30.1. The van der Waals surface area contributed by atoms with Crippen LogP contribution in [0.4, 0.5) is 0 Å². The Hall–Kier alpha value is -6.16. The molecule has 0 amide bonds. The minimum atomic E-state index is -1.37. The van der Waals surface area contributed by atoms with Crippen molar-refractivity contribution in [2.24, 2.45) is 0 Å². The second-order valence-corrected chi connectivity index (χ2v) is 12.3.